The fraction of sp³-hybridized carbons (Fsp3) is 0.727. The number of likely N-dealkylation sites (tertiary alicyclic amines) is 1. The van der Waals surface area contributed by atoms with Crippen LogP contribution in [0.5, 0.6) is 0 Å². The molecule has 1 saturated heterocycles. The molecule has 0 amide bonds. The zero-order chi connectivity index (χ0) is 10.7. The van der Waals surface area contributed by atoms with Crippen LogP contribution in [-0.4, -0.2) is 28.3 Å². The van der Waals surface area contributed by atoms with Crippen LogP contribution in [0.15, 0.2) is 10.7 Å². The van der Waals surface area contributed by atoms with Gasteiger partial charge in [-0.15, -0.1) is 0 Å². The summed E-state index contributed by atoms with van der Waals surface area (Å²) in [5.74, 6) is 0.860. The largest absolute Gasteiger partial charge is 0.391 e. The van der Waals surface area contributed by atoms with Gasteiger partial charge in [-0.1, -0.05) is 18.5 Å². The van der Waals surface area contributed by atoms with E-state index in [4.69, 9.17) is 4.52 Å². The molecule has 0 saturated carbocycles. The van der Waals surface area contributed by atoms with Crippen LogP contribution in [0.2, 0.25) is 0 Å². The van der Waals surface area contributed by atoms with Crippen LogP contribution in [-0.2, 0) is 6.61 Å². The van der Waals surface area contributed by atoms with Crippen LogP contribution in [0.4, 0.5) is 0 Å². The molecule has 4 nitrogen and oxygen atoms in total. The lowest BCUT2D eigenvalue weighted by Crippen LogP contribution is -2.33. The number of aromatic nitrogens is 1. The van der Waals surface area contributed by atoms with E-state index in [9.17, 15) is 5.11 Å². The summed E-state index contributed by atoms with van der Waals surface area (Å²) in [5, 5.41) is 13.0. The van der Waals surface area contributed by atoms with Crippen molar-refractivity contribution in [3.63, 3.8) is 0 Å². The van der Waals surface area contributed by atoms with Gasteiger partial charge in [-0.2, -0.15) is 0 Å². The molecule has 1 unspecified atom stereocenters. The summed E-state index contributed by atoms with van der Waals surface area (Å²) in [6.07, 6.45) is 5.22. The Morgan fingerprint density at radius 1 is 1.60 bits per heavy atom. The van der Waals surface area contributed by atoms with Crippen LogP contribution in [0.1, 0.15) is 43.6 Å². The van der Waals surface area contributed by atoms with Crippen LogP contribution >= 0.6 is 0 Å². The number of piperidine rings is 1. The molecule has 0 radical (unpaired) electrons. The highest BCUT2D eigenvalue weighted by molar-refractivity contribution is 5.16. The summed E-state index contributed by atoms with van der Waals surface area (Å²) in [5.41, 5.74) is 0.834. The molecule has 2 heterocycles. The molecule has 4 heteroatoms. The van der Waals surface area contributed by atoms with Gasteiger partial charge in [0, 0.05) is 5.56 Å². The van der Waals surface area contributed by atoms with Gasteiger partial charge >= 0.3 is 0 Å². The molecule has 0 aliphatic carbocycles. The monoisotopic (exact) mass is 210 g/mol. The predicted molar refractivity (Wildman–Crippen MR) is 56.3 cm³/mol. The first-order valence-electron chi connectivity index (χ1n) is 5.65. The molecule has 1 aromatic heterocycles. The number of nitrogens with zero attached hydrogens (tertiary/aromatic N) is 2. The molecular formula is C11H18N2O2. The molecule has 84 valence electrons. The van der Waals surface area contributed by atoms with Gasteiger partial charge in [0.15, 0.2) is 5.76 Å². The SMILES string of the molecule is CCN1CCCCC1c1oncc1CO. The third kappa shape index (κ3) is 2.06. The molecule has 0 aromatic carbocycles. The van der Waals surface area contributed by atoms with E-state index in [0.29, 0.717) is 6.04 Å². The number of aliphatic hydroxyl groups is 1. The molecule has 2 rings (SSSR count). The van der Waals surface area contributed by atoms with E-state index in [1.165, 1.54) is 12.8 Å². The lowest BCUT2D eigenvalue weighted by atomic mass is 9.98. The molecular weight excluding hydrogens is 192 g/mol. The molecule has 1 aliphatic heterocycles. The first kappa shape index (κ1) is 10.6. The third-order valence-electron chi connectivity index (χ3n) is 3.17. The highest BCUT2D eigenvalue weighted by Gasteiger charge is 2.27. The minimum absolute atomic E-state index is 0.0207. The van der Waals surface area contributed by atoms with Gasteiger partial charge < -0.3 is 9.63 Å². The van der Waals surface area contributed by atoms with Gasteiger partial charge in [-0.3, -0.25) is 4.90 Å². The van der Waals surface area contributed by atoms with Gasteiger partial charge in [0.2, 0.25) is 0 Å². The van der Waals surface area contributed by atoms with Gasteiger partial charge in [0.25, 0.3) is 0 Å². The second-order valence-corrected chi connectivity index (χ2v) is 4.01. The average Bonchev–Trinajstić information content (AvgIpc) is 2.76. The Bertz CT molecular complexity index is 311. The smallest absolute Gasteiger partial charge is 0.159 e. The molecule has 1 aliphatic rings. The lowest BCUT2D eigenvalue weighted by Gasteiger charge is -2.33. The maximum atomic E-state index is 9.18. The standard InChI is InChI=1S/C11H18N2O2/c1-2-13-6-4-3-5-10(13)11-9(8-14)7-12-15-11/h7,10,14H,2-6,8H2,1H3. The summed E-state index contributed by atoms with van der Waals surface area (Å²) in [7, 11) is 0. The van der Waals surface area contributed by atoms with Crippen LogP contribution < -0.4 is 0 Å². The Labute approximate surface area is 89.9 Å². The molecule has 0 spiro atoms. The van der Waals surface area contributed by atoms with Gasteiger partial charge in [0.05, 0.1) is 18.8 Å². The fourth-order valence-corrected chi connectivity index (χ4v) is 2.33. The summed E-state index contributed by atoms with van der Waals surface area (Å²) >= 11 is 0. The van der Waals surface area contributed by atoms with Crippen molar-refractivity contribution in [1.29, 1.82) is 0 Å². The highest BCUT2D eigenvalue weighted by Crippen LogP contribution is 2.32. The van der Waals surface area contributed by atoms with Crippen molar-refractivity contribution in [2.45, 2.75) is 38.8 Å². The molecule has 1 fully saturated rings. The topological polar surface area (TPSA) is 49.5 Å². The summed E-state index contributed by atoms with van der Waals surface area (Å²) < 4.78 is 5.28. The Morgan fingerprint density at radius 2 is 2.47 bits per heavy atom. The summed E-state index contributed by atoms with van der Waals surface area (Å²) in [6, 6.07) is 0.313. The van der Waals surface area contributed by atoms with E-state index in [-0.39, 0.29) is 6.61 Å². The average molecular weight is 210 g/mol. The number of hydrogen-bond acceptors (Lipinski definition) is 4. The molecule has 1 N–H and O–H groups in total. The summed E-state index contributed by atoms with van der Waals surface area (Å²) in [4.78, 5) is 2.39. The quantitative estimate of drug-likeness (QED) is 0.825. The second-order valence-electron chi connectivity index (χ2n) is 4.01. The van der Waals surface area contributed by atoms with Crippen molar-refractivity contribution >= 4 is 0 Å². The van der Waals surface area contributed by atoms with Crippen molar-refractivity contribution in [3.05, 3.63) is 17.5 Å². The van der Waals surface area contributed by atoms with Crippen molar-refractivity contribution in [2.75, 3.05) is 13.1 Å². The van der Waals surface area contributed by atoms with Crippen LogP contribution in [0.3, 0.4) is 0 Å². The van der Waals surface area contributed by atoms with E-state index >= 15 is 0 Å². The van der Waals surface area contributed by atoms with Gasteiger partial charge in [-0.25, -0.2) is 0 Å². The number of rotatable bonds is 3. The predicted octanol–water partition coefficient (Wildman–Crippen LogP) is 1.71. The van der Waals surface area contributed by atoms with Gasteiger partial charge in [0.1, 0.15) is 0 Å². The van der Waals surface area contributed by atoms with Crippen LogP contribution in [0.25, 0.3) is 0 Å². The first-order valence-corrected chi connectivity index (χ1v) is 5.65. The van der Waals surface area contributed by atoms with E-state index in [2.05, 4.69) is 17.0 Å². The molecule has 1 aromatic rings. The van der Waals surface area contributed by atoms with Crippen molar-refractivity contribution in [1.82, 2.24) is 10.1 Å². The number of aliphatic hydroxyl groups excluding tert-OH is 1. The third-order valence-corrected chi connectivity index (χ3v) is 3.17. The van der Waals surface area contributed by atoms with E-state index < -0.39 is 0 Å². The lowest BCUT2D eigenvalue weighted by molar-refractivity contribution is 0.127. The Balaban J connectivity index is 2.20. The van der Waals surface area contributed by atoms with Crippen molar-refractivity contribution in [3.8, 4) is 0 Å². The Kier molecular flexibility index (Phi) is 3.38. The molecule has 0 bridgehead atoms. The van der Waals surface area contributed by atoms with Crippen LogP contribution in [0, 0.1) is 0 Å². The molecule has 1 atom stereocenters. The second kappa shape index (κ2) is 4.77. The number of hydrogen-bond donors (Lipinski definition) is 1. The maximum absolute atomic E-state index is 9.18. The van der Waals surface area contributed by atoms with E-state index in [0.717, 1.165) is 30.8 Å². The Morgan fingerprint density at radius 3 is 3.20 bits per heavy atom. The normalized spacial score (nSPS) is 23.2. The molecule has 15 heavy (non-hydrogen) atoms. The van der Waals surface area contributed by atoms with Crippen molar-refractivity contribution in [2.24, 2.45) is 0 Å². The van der Waals surface area contributed by atoms with Crippen molar-refractivity contribution < 1.29 is 9.63 Å². The fourth-order valence-electron chi connectivity index (χ4n) is 2.33. The van der Waals surface area contributed by atoms with Gasteiger partial charge in [-0.05, 0) is 25.9 Å². The van der Waals surface area contributed by atoms with E-state index in [1.807, 2.05) is 0 Å². The minimum atomic E-state index is 0.0207. The Hall–Kier alpha value is -0.870. The highest BCUT2D eigenvalue weighted by atomic mass is 16.5. The minimum Gasteiger partial charge on any atom is -0.391 e. The zero-order valence-corrected chi connectivity index (χ0v) is 9.15. The zero-order valence-electron chi connectivity index (χ0n) is 9.15. The summed E-state index contributed by atoms with van der Waals surface area (Å²) in [6.45, 7) is 4.32. The maximum Gasteiger partial charge on any atom is 0.159 e. The van der Waals surface area contributed by atoms with E-state index in [1.54, 1.807) is 6.20 Å². The first-order chi connectivity index (χ1) is 7.36.